The Morgan fingerprint density at radius 2 is 1.88 bits per heavy atom. The van der Waals surface area contributed by atoms with Gasteiger partial charge in [-0.3, -0.25) is 4.79 Å². The Bertz CT molecular complexity index is 854. The molecule has 3 rings (SSSR count). The zero-order valence-corrected chi connectivity index (χ0v) is 13.0. The van der Waals surface area contributed by atoms with Gasteiger partial charge >= 0.3 is 6.18 Å². The first kappa shape index (κ1) is 16.1. The van der Waals surface area contributed by atoms with Crippen molar-refractivity contribution in [3.63, 3.8) is 0 Å². The van der Waals surface area contributed by atoms with Crippen molar-refractivity contribution < 1.29 is 22.7 Å². The van der Waals surface area contributed by atoms with Crippen LogP contribution in [-0.2, 0) is 11.0 Å². The van der Waals surface area contributed by atoms with Gasteiger partial charge in [-0.1, -0.05) is 12.1 Å². The summed E-state index contributed by atoms with van der Waals surface area (Å²) >= 11 is 0. The minimum absolute atomic E-state index is 0.173. The molecule has 3 nitrogen and oxygen atoms in total. The van der Waals surface area contributed by atoms with E-state index in [4.69, 9.17) is 4.74 Å². The fourth-order valence-electron chi connectivity index (χ4n) is 2.67. The smallest absolute Gasteiger partial charge is 0.416 e. The molecule has 0 spiro atoms. The Morgan fingerprint density at radius 1 is 1.12 bits per heavy atom. The summed E-state index contributed by atoms with van der Waals surface area (Å²) < 4.78 is 43.5. The van der Waals surface area contributed by atoms with Crippen LogP contribution in [-0.4, -0.2) is 13.0 Å². The number of carbonyl (C=O) groups is 1. The molecule has 0 aromatic heterocycles. The summed E-state index contributed by atoms with van der Waals surface area (Å²) in [5.74, 6) is 0.307. The monoisotopic (exact) mass is 333 g/mol. The van der Waals surface area contributed by atoms with Gasteiger partial charge in [0.25, 0.3) is 5.91 Å². The van der Waals surface area contributed by atoms with E-state index in [2.05, 4.69) is 5.32 Å². The molecule has 0 atom stereocenters. The highest BCUT2D eigenvalue weighted by atomic mass is 19.4. The molecule has 2 aromatic carbocycles. The molecular weight excluding hydrogens is 319 g/mol. The Labute approximate surface area is 136 Å². The fraction of sp³-hybridized carbons (Fsp3) is 0.167. The summed E-state index contributed by atoms with van der Waals surface area (Å²) in [5.41, 5.74) is 1.85. The summed E-state index contributed by atoms with van der Waals surface area (Å²) in [7, 11) is 1.57. The van der Waals surface area contributed by atoms with Gasteiger partial charge < -0.3 is 10.1 Å². The molecule has 1 aliphatic heterocycles. The molecule has 0 saturated heterocycles. The van der Waals surface area contributed by atoms with Crippen LogP contribution in [0.2, 0.25) is 0 Å². The molecule has 1 amide bonds. The van der Waals surface area contributed by atoms with E-state index in [1.807, 2.05) is 13.0 Å². The predicted octanol–water partition coefficient (Wildman–Crippen LogP) is 4.52. The Kier molecular flexibility index (Phi) is 3.83. The first-order valence-corrected chi connectivity index (χ1v) is 7.19. The van der Waals surface area contributed by atoms with E-state index in [1.54, 1.807) is 25.3 Å². The van der Waals surface area contributed by atoms with Gasteiger partial charge in [0.15, 0.2) is 0 Å². The first-order chi connectivity index (χ1) is 11.3. The number of carbonyl (C=O) groups excluding carboxylic acids is 1. The summed E-state index contributed by atoms with van der Waals surface area (Å²) in [6.07, 6.45) is -2.79. The molecule has 1 N–H and O–H groups in total. The number of aryl methyl sites for hydroxylation is 1. The number of hydrogen-bond acceptors (Lipinski definition) is 2. The van der Waals surface area contributed by atoms with Crippen LogP contribution in [0.3, 0.4) is 0 Å². The van der Waals surface area contributed by atoms with Gasteiger partial charge in [-0.25, -0.2) is 0 Å². The SMILES string of the molecule is COc1ccc(/C=C2/C(=O)Nc3cc(C(F)(F)F)ccc32)cc1C. The highest BCUT2D eigenvalue weighted by Gasteiger charge is 2.33. The van der Waals surface area contributed by atoms with Gasteiger partial charge in [0.05, 0.1) is 12.7 Å². The lowest BCUT2D eigenvalue weighted by molar-refractivity contribution is -0.137. The van der Waals surface area contributed by atoms with Crippen LogP contribution in [0, 0.1) is 6.92 Å². The molecule has 0 saturated carbocycles. The highest BCUT2D eigenvalue weighted by molar-refractivity contribution is 6.34. The number of fused-ring (bicyclic) bond motifs is 1. The molecule has 1 aliphatic rings. The maximum absolute atomic E-state index is 12.8. The number of rotatable bonds is 2. The third-order valence-corrected chi connectivity index (χ3v) is 3.86. The lowest BCUT2D eigenvalue weighted by Crippen LogP contribution is -2.06. The van der Waals surface area contributed by atoms with Crippen LogP contribution >= 0.6 is 0 Å². The van der Waals surface area contributed by atoms with E-state index in [0.29, 0.717) is 11.1 Å². The molecule has 2 aromatic rings. The second-order valence-corrected chi connectivity index (χ2v) is 5.50. The molecule has 0 unspecified atom stereocenters. The molecule has 6 heteroatoms. The molecule has 0 radical (unpaired) electrons. The first-order valence-electron chi connectivity index (χ1n) is 7.19. The predicted molar refractivity (Wildman–Crippen MR) is 85.7 cm³/mol. The van der Waals surface area contributed by atoms with Crippen molar-refractivity contribution in [2.45, 2.75) is 13.1 Å². The van der Waals surface area contributed by atoms with Crippen molar-refractivity contribution in [1.29, 1.82) is 0 Å². The number of benzene rings is 2. The second-order valence-electron chi connectivity index (χ2n) is 5.50. The molecular formula is C18H14F3NO2. The van der Waals surface area contributed by atoms with Gasteiger partial charge in [0.1, 0.15) is 5.75 Å². The molecule has 24 heavy (non-hydrogen) atoms. The van der Waals surface area contributed by atoms with E-state index in [0.717, 1.165) is 29.0 Å². The van der Waals surface area contributed by atoms with Crippen LogP contribution in [0.25, 0.3) is 11.6 Å². The van der Waals surface area contributed by atoms with E-state index >= 15 is 0 Å². The maximum Gasteiger partial charge on any atom is 0.416 e. The van der Waals surface area contributed by atoms with Gasteiger partial charge in [0, 0.05) is 16.8 Å². The van der Waals surface area contributed by atoms with Crippen molar-refractivity contribution in [3.8, 4) is 5.75 Å². The lowest BCUT2D eigenvalue weighted by Gasteiger charge is -2.08. The van der Waals surface area contributed by atoms with Crippen molar-refractivity contribution >= 4 is 23.2 Å². The normalized spacial score (nSPS) is 15.4. The maximum atomic E-state index is 12.8. The van der Waals surface area contributed by atoms with Gasteiger partial charge in [-0.05, 0) is 48.4 Å². The Morgan fingerprint density at radius 3 is 2.50 bits per heavy atom. The number of methoxy groups -OCH3 is 1. The quantitative estimate of drug-likeness (QED) is 0.821. The third kappa shape index (κ3) is 2.87. The van der Waals surface area contributed by atoms with Crippen LogP contribution in [0.1, 0.15) is 22.3 Å². The second kappa shape index (κ2) is 5.70. The zero-order valence-electron chi connectivity index (χ0n) is 13.0. The zero-order chi connectivity index (χ0) is 17.5. The molecule has 0 fully saturated rings. The number of anilines is 1. The summed E-state index contributed by atoms with van der Waals surface area (Å²) in [6, 6.07) is 8.66. The number of ether oxygens (including phenoxy) is 1. The Balaban J connectivity index is 2.02. The van der Waals surface area contributed by atoms with Crippen molar-refractivity contribution in [1.82, 2.24) is 0 Å². The number of nitrogens with one attached hydrogen (secondary N) is 1. The van der Waals surface area contributed by atoms with Gasteiger partial charge in [0.2, 0.25) is 0 Å². The summed E-state index contributed by atoms with van der Waals surface area (Å²) in [4.78, 5) is 12.1. The topological polar surface area (TPSA) is 38.3 Å². The van der Waals surface area contributed by atoms with E-state index < -0.39 is 17.6 Å². The summed E-state index contributed by atoms with van der Waals surface area (Å²) in [6.45, 7) is 1.87. The molecule has 124 valence electrons. The average Bonchev–Trinajstić information content (AvgIpc) is 2.82. The van der Waals surface area contributed by atoms with Gasteiger partial charge in [-0.15, -0.1) is 0 Å². The number of alkyl halides is 3. The largest absolute Gasteiger partial charge is 0.496 e. The van der Waals surface area contributed by atoms with Crippen molar-refractivity contribution in [3.05, 3.63) is 58.7 Å². The molecule has 1 heterocycles. The third-order valence-electron chi connectivity index (χ3n) is 3.86. The number of amides is 1. The van der Waals surface area contributed by atoms with E-state index in [9.17, 15) is 18.0 Å². The fourth-order valence-corrected chi connectivity index (χ4v) is 2.67. The highest BCUT2D eigenvalue weighted by Crippen LogP contribution is 2.38. The standard InChI is InChI=1S/C18H14F3NO2/c1-10-7-11(3-6-16(10)24-2)8-14-13-5-4-12(18(19,20)21)9-15(13)22-17(14)23/h3-9H,1-2H3,(H,22,23)/b14-8+. The van der Waals surface area contributed by atoms with Crippen LogP contribution in [0.15, 0.2) is 36.4 Å². The number of halogens is 3. The van der Waals surface area contributed by atoms with Crippen molar-refractivity contribution in [2.24, 2.45) is 0 Å². The summed E-state index contributed by atoms with van der Waals surface area (Å²) in [5, 5.41) is 2.49. The van der Waals surface area contributed by atoms with E-state index in [-0.39, 0.29) is 5.69 Å². The van der Waals surface area contributed by atoms with Crippen LogP contribution in [0.4, 0.5) is 18.9 Å². The Hall–Kier alpha value is -2.76. The van der Waals surface area contributed by atoms with E-state index in [1.165, 1.54) is 6.07 Å². The number of hydrogen-bond donors (Lipinski definition) is 1. The lowest BCUT2D eigenvalue weighted by atomic mass is 10.0. The molecule has 0 bridgehead atoms. The van der Waals surface area contributed by atoms with Crippen molar-refractivity contribution in [2.75, 3.05) is 12.4 Å². The average molecular weight is 333 g/mol. The molecule has 0 aliphatic carbocycles. The van der Waals surface area contributed by atoms with Gasteiger partial charge in [-0.2, -0.15) is 13.2 Å². The van der Waals surface area contributed by atoms with Crippen LogP contribution < -0.4 is 10.1 Å². The van der Waals surface area contributed by atoms with Crippen LogP contribution in [0.5, 0.6) is 5.75 Å². The minimum Gasteiger partial charge on any atom is -0.496 e. The minimum atomic E-state index is -4.45.